The zero-order valence-corrected chi connectivity index (χ0v) is 19.2. The number of fused-ring (bicyclic) bond motifs is 1. The van der Waals surface area contributed by atoms with Crippen LogP contribution in [0.2, 0.25) is 5.02 Å². The molecular formula is C24H29ClN4O3. The fraction of sp³-hybridized carbons (Fsp3) is 0.417. The molecule has 2 N–H and O–H groups in total. The number of amides is 3. The van der Waals surface area contributed by atoms with Crippen LogP contribution < -0.4 is 15.5 Å². The molecule has 2 aromatic rings. The Morgan fingerprint density at radius 3 is 2.56 bits per heavy atom. The second-order valence-electron chi connectivity index (χ2n) is 8.30. The minimum atomic E-state index is -0.609. The van der Waals surface area contributed by atoms with Crippen molar-refractivity contribution >= 4 is 34.9 Å². The number of anilines is 2. The first-order valence-electron chi connectivity index (χ1n) is 10.9. The Kier molecular flexibility index (Phi) is 6.98. The van der Waals surface area contributed by atoms with Crippen molar-refractivity contribution in [3.05, 3.63) is 58.6 Å². The van der Waals surface area contributed by atoms with E-state index in [4.69, 9.17) is 16.3 Å². The molecule has 32 heavy (non-hydrogen) atoms. The van der Waals surface area contributed by atoms with Gasteiger partial charge in [0.25, 0.3) is 0 Å². The summed E-state index contributed by atoms with van der Waals surface area (Å²) in [5.41, 5.74) is 4.04. The van der Waals surface area contributed by atoms with Crippen LogP contribution in [0.15, 0.2) is 42.5 Å². The molecule has 0 saturated carbocycles. The number of nitrogens with one attached hydrogen (secondary N) is 2. The molecule has 2 heterocycles. The molecule has 2 atom stereocenters. The first-order valence-corrected chi connectivity index (χ1v) is 11.3. The van der Waals surface area contributed by atoms with Crippen molar-refractivity contribution in [3.8, 4) is 0 Å². The van der Waals surface area contributed by atoms with E-state index in [0.29, 0.717) is 23.7 Å². The number of ether oxygens (including phenoxy) is 1. The Balaban J connectivity index is 1.50. The normalized spacial score (nSPS) is 20.4. The number of carbonyl (C=O) groups excluding carboxylic acids is 2. The lowest BCUT2D eigenvalue weighted by Crippen LogP contribution is -2.48. The summed E-state index contributed by atoms with van der Waals surface area (Å²) in [6.07, 6.45) is 2.19. The molecule has 2 unspecified atom stereocenters. The van der Waals surface area contributed by atoms with E-state index in [2.05, 4.69) is 22.8 Å². The van der Waals surface area contributed by atoms with E-state index in [-0.39, 0.29) is 18.0 Å². The van der Waals surface area contributed by atoms with E-state index in [0.717, 1.165) is 31.6 Å². The number of nitrogens with zero attached hydrogens (tertiary/aromatic N) is 2. The highest BCUT2D eigenvalue weighted by Gasteiger charge is 2.41. The van der Waals surface area contributed by atoms with Gasteiger partial charge in [0.15, 0.2) is 0 Å². The Bertz CT molecular complexity index is 982. The predicted octanol–water partition coefficient (Wildman–Crippen LogP) is 3.31. The van der Waals surface area contributed by atoms with Gasteiger partial charge in [-0.25, -0.2) is 4.79 Å². The van der Waals surface area contributed by atoms with Crippen LogP contribution in [0, 0.1) is 0 Å². The molecule has 0 aromatic heterocycles. The fourth-order valence-corrected chi connectivity index (χ4v) is 4.50. The molecular weight excluding hydrogens is 428 g/mol. The molecule has 2 aromatic carbocycles. The van der Waals surface area contributed by atoms with Crippen LogP contribution in [-0.2, 0) is 22.4 Å². The summed E-state index contributed by atoms with van der Waals surface area (Å²) in [7, 11) is 3.30. The highest BCUT2D eigenvalue weighted by Crippen LogP contribution is 2.26. The molecule has 7 nitrogen and oxygen atoms in total. The monoisotopic (exact) mass is 456 g/mol. The van der Waals surface area contributed by atoms with Crippen LogP contribution in [0.25, 0.3) is 0 Å². The van der Waals surface area contributed by atoms with Crippen molar-refractivity contribution in [2.75, 3.05) is 44.0 Å². The third kappa shape index (κ3) is 4.90. The van der Waals surface area contributed by atoms with Crippen molar-refractivity contribution < 1.29 is 14.3 Å². The Labute approximate surface area is 193 Å². The fourth-order valence-electron chi connectivity index (χ4n) is 4.37. The number of rotatable bonds is 4. The minimum Gasteiger partial charge on any atom is -0.380 e. The molecule has 1 fully saturated rings. The molecule has 2 aliphatic rings. The Hall–Kier alpha value is -2.61. The van der Waals surface area contributed by atoms with Gasteiger partial charge in [-0.2, -0.15) is 0 Å². The number of likely N-dealkylation sites (tertiary alicyclic amines) is 1. The lowest BCUT2D eigenvalue weighted by Gasteiger charge is -2.29. The molecule has 4 rings (SSSR count). The molecule has 0 aliphatic carbocycles. The average molecular weight is 457 g/mol. The lowest BCUT2D eigenvalue weighted by molar-refractivity contribution is -0.119. The Morgan fingerprint density at radius 2 is 1.84 bits per heavy atom. The first kappa shape index (κ1) is 22.6. The van der Waals surface area contributed by atoms with E-state index in [1.807, 2.05) is 6.07 Å². The largest absolute Gasteiger partial charge is 0.380 e. The second-order valence-corrected chi connectivity index (χ2v) is 8.74. The molecule has 2 aliphatic heterocycles. The van der Waals surface area contributed by atoms with Gasteiger partial charge in [0.1, 0.15) is 6.04 Å². The molecule has 0 radical (unpaired) electrons. The maximum atomic E-state index is 13.3. The Morgan fingerprint density at radius 1 is 1.12 bits per heavy atom. The van der Waals surface area contributed by atoms with Gasteiger partial charge < -0.3 is 20.3 Å². The van der Waals surface area contributed by atoms with Crippen LogP contribution in [0.4, 0.5) is 16.2 Å². The van der Waals surface area contributed by atoms with E-state index in [1.54, 1.807) is 43.3 Å². The summed E-state index contributed by atoms with van der Waals surface area (Å²) in [5, 5.41) is 7.02. The molecule has 170 valence electrons. The van der Waals surface area contributed by atoms with Gasteiger partial charge >= 0.3 is 6.03 Å². The van der Waals surface area contributed by atoms with E-state index >= 15 is 0 Å². The summed E-state index contributed by atoms with van der Waals surface area (Å²) in [6, 6.07) is 12.3. The maximum absolute atomic E-state index is 13.3. The third-order valence-electron chi connectivity index (χ3n) is 6.26. The van der Waals surface area contributed by atoms with Gasteiger partial charge in [-0.15, -0.1) is 0 Å². The van der Waals surface area contributed by atoms with Crippen LogP contribution in [0.5, 0.6) is 0 Å². The zero-order valence-electron chi connectivity index (χ0n) is 18.4. The molecule has 1 saturated heterocycles. The van der Waals surface area contributed by atoms with Gasteiger partial charge in [-0.3, -0.25) is 9.69 Å². The summed E-state index contributed by atoms with van der Waals surface area (Å²) < 4.78 is 5.49. The molecule has 8 heteroatoms. The number of methoxy groups -OCH3 is 1. The number of hydrogen-bond donors (Lipinski definition) is 2. The lowest BCUT2D eigenvalue weighted by atomic mass is 10.0. The van der Waals surface area contributed by atoms with Crippen LogP contribution >= 0.6 is 11.6 Å². The van der Waals surface area contributed by atoms with E-state index in [1.165, 1.54) is 16.0 Å². The van der Waals surface area contributed by atoms with Gasteiger partial charge in [-0.05, 0) is 73.5 Å². The number of carbonyl (C=O) groups is 2. The average Bonchev–Trinajstić information content (AvgIpc) is 3.11. The third-order valence-corrected chi connectivity index (χ3v) is 6.51. The number of halogens is 1. The quantitative estimate of drug-likeness (QED) is 0.740. The summed E-state index contributed by atoms with van der Waals surface area (Å²) >= 11 is 5.97. The minimum absolute atomic E-state index is 0.188. The van der Waals surface area contributed by atoms with Gasteiger partial charge in [0.2, 0.25) is 5.91 Å². The van der Waals surface area contributed by atoms with Gasteiger partial charge in [-0.1, -0.05) is 17.7 Å². The second kappa shape index (κ2) is 9.90. The number of hydrogen-bond acceptors (Lipinski definition) is 4. The van der Waals surface area contributed by atoms with E-state index < -0.39 is 6.04 Å². The van der Waals surface area contributed by atoms with Crippen LogP contribution in [0.3, 0.4) is 0 Å². The highest BCUT2D eigenvalue weighted by atomic mass is 35.5. The van der Waals surface area contributed by atoms with Crippen molar-refractivity contribution in [2.24, 2.45) is 0 Å². The standard InChI is InChI=1S/C24H29ClN4O3/c1-28(20-7-4-18(25)5-8-20)24(31)29-15-21(32-2)14-22(29)23(30)27-19-6-3-16-9-11-26-12-10-17(16)13-19/h3-8,13,21-22,26H,9-12,14-15H2,1-2H3,(H,27,30). The summed E-state index contributed by atoms with van der Waals surface area (Å²) in [5.74, 6) is -0.200. The topological polar surface area (TPSA) is 73.9 Å². The number of benzene rings is 2. The summed E-state index contributed by atoms with van der Waals surface area (Å²) in [6.45, 7) is 2.26. The van der Waals surface area contributed by atoms with Crippen molar-refractivity contribution in [3.63, 3.8) is 0 Å². The maximum Gasteiger partial charge on any atom is 0.324 e. The SMILES string of the molecule is COC1CC(C(=O)Nc2ccc3c(c2)CCNCC3)N(C(=O)N(C)c2ccc(Cl)cc2)C1. The molecule has 0 spiro atoms. The zero-order chi connectivity index (χ0) is 22.7. The van der Waals surface area contributed by atoms with Crippen LogP contribution in [0.1, 0.15) is 17.5 Å². The van der Waals surface area contributed by atoms with E-state index in [9.17, 15) is 9.59 Å². The summed E-state index contributed by atoms with van der Waals surface area (Å²) in [4.78, 5) is 29.6. The van der Waals surface area contributed by atoms with Crippen LogP contribution in [-0.4, -0.2) is 62.8 Å². The van der Waals surface area contributed by atoms with Gasteiger partial charge in [0, 0.05) is 43.5 Å². The predicted molar refractivity (Wildman–Crippen MR) is 127 cm³/mol. The highest BCUT2D eigenvalue weighted by molar-refractivity contribution is 6.30. The molecule has 3 amide bonds. The van der Waals surface area contributed by atoms with Crippen molar-refractivity contribution in [1.29, 1.82) is 0 Å². The smallest absolute Gasteiger partial charge is 0.324 e. The van der Waals surface area contributed by atoms with Crippen molar-refractivity contribution in [2.45, 2.75) is 31.4 Å². The molecule has 0 bridgehead atoms. The van der Waals surface area contributed by atoms with Gasteiger partial charge in [0.05, 0.1) is 6.10 Å². The first-order chi connectivity index (χ1) is 15.5. The van der Waals surface area contributed by atoms with Crippen molar-refractivity contribution in [1.82, 2.24) is 10.2 Å². The number of urea groups is 1.